The Kier molecular flexibility index (Phi) is 3.53. The van der Waals surface area contributed by atoms with E-state index in [4.69, 9.17) is 5.73 Å². The van der Waals surface area contributed by atoms with Crippen molar-refractivity contribution in [1.29, 1.82) is 0 Å². The monoisotopic (exact) mass is 238 g/mol. The highest BCUT2D eigenvalue weighted by molar-refractivity contribution is 6.12. The predicted octanol–water partition coefficient (Wildman–Crippen LogP) is 2.22. The van der Waals surface area contributed by atoms with Crippen molar-refractivity contribution in [2.24, 2.45) is 5.73 Å². The second-order valence-corrected chi connectivity index (χ2v) is 3.83. The first-order chi connectivity index (χ1) is 8.68. The number of nitrogens with two attached hydrogens (primary N) is 1. The van der Waals surface area contributed by atoms with Gasteiger partial charge in [-0.1, -0.05) is 48.5 Å². The zero-order valence-electron chi connectivity index (χ0n) is 9.67. The quantitative estimate of drug-likeness (QED) is 0.830. The summed E-state index contributed by atoms with van der Waals surface area (Å²) in [5.41, 5.74) is 6.61. The van der Waals surface area contributed by atoms with Crippen molar-refractivity contribution in [2.75, 3.05) is 0 Å². The largest absolute Gasteiger partial charge is 0.366 e. The van der Waals surface area contributed by atoms with Crippen LogP contribution in [-0.2, 0) is 0 Å². The van der Waals surface area contributed by atoms with E-state index in [0.717, 1.165) is 5.56 Å². The van der Waals surface area contributed by atoms with Crippen LogP contribution in [0.15, 0.2) is 54.6 Å². The molecule has 1 radical (unpaired) electrons. The molecular formula is C15H12NO2. The number of Topliss-reactive ketones (excluding diaryl/α,β-unsaturated/α-hetero) is 1. The Bertz CT molecular complexity index is 576. The number of amides is 1. The summed E-state index contributed by atoms with van der Waals surface area (Å²) in [5.74, 6) is -0.823. The highest BCUT2D eigenvalue weighted by atomic mass is 16.1. The van der Waals surface area contributed by atoms with Gasteiger partial charge in [0.25, 0.3) is 0 Å². The van der Waals surface area contributed by atoms with Crippen LogP contribution in [0, 0.1) is 6.42 Å². The number of hydrogen-bond acceptors (Lipinski definition) is 2. The van der Waals surface area contributed by atoms with E-state index < -0.39 is 5.91 Å². The molecule has 0 aliphatic rings. The zero-order valence-corrected chi connectivity index (χ0v) is 9.67. The fraction of sp³-hybridized carbons (Fsp3) is 0. The standard InChI is InChI=1S/C15H12NO2/c16-15(18)13-9-5-4-8-12(13)14(17)10-11-6-2-1-3-7-11/h1-10H,(H2,16,18). The van der Waals surface area contributed by atoms with Crippen molar-refractivity contribution >= 4 is 11.7 Å². The van der Waals surface area contributed by atoms with Gasteiger partial charge < -0.3 is 5.73 Å². The average Bonchev–Trinajstić information content (AvgIpc) is 2.40. The Hall–Kier alpha value is -2.42. The number of rotatable bonds is 4. The molecule has 0 unspecified atom stereocenters. The summed E-state index contributed by atoms with van der Waals surface area (Å²) >= 11 is 0. The minimum Gasteiger partial charge on any atom is -0.366 e. The SMILES string of the molecule is NC(=O)c1ccccc1C(=O)[CH]c1ccccc1. The summed E-state index contributed by atoms with van der Waals surface area (Å²) in [7, 11) is 0. The molecule has 0 aliphatic heterocycles. The highest BCUT2D eigenvalue weighted by Gasteiger charge is 2.14. The van der Waals surface area contributed by atoms with Crippen LogP contribution < -0.4 is 5.73 Å². The van der Waals surface area contributed by atoms with Gasteiger partial charge in [0.1, 0.15) is 0 Å². The Morgan fingerprint density at radius 2 is 1.39 bits per heavy atom. The number of benzene rings is 2. The number of ketones is 1. The lowest BCUT2D eigenvalue weighted by molar-refractivity contribution is 0.0979. The van der Waals surface area contributed by atoms with Gasteiger partial charge in [-0.15, -0.1) is 0 Å². The maximum Gasteiger partial charge on any atom is 0.249 e. The van der Waals surface area contributed by atoms with Gasteiger partial charge in [-0.05, 0) is 11.6 Å². The van der Waals surface area contributed by atoms with Crippen LogP contribution in [0.3, 0.4) is 0 Å². The molecule has 1 amide bonds. The molecule has 0 saturated heterocycles. The van der Waals surface area contributed by atoms with Gasteiger partial charge in [-0.25, -0.2) is 0 Å². The summed E-state index contributed by atoms with van der Waals surface area (Å²) in [6, 6.07) is 15.8. The van der Waals surface area contributed by atoms with Gasteiger partial charge in [0.2, 0.25) is 5.91 Å². The first-order valence-electron chi connectivity index (χ1n) is 5.51. The smallest absolute Gasteiger partial charge is 0.249 e. The fourth-order valence-corrected chi connectivity index (χ4v) is 1.69. The lowest BCUT2D eigenvalue weighted by Crippen LogP contribution is -2.16. The van der Waals surface area contributed by atoms with Crippen molar-refractivity contribution in [3.8, 4) is 0 Å². The molecule has 0 saturated carbocycles. The van der Waals surface area contributed by atoms with Crippen LogP contribution in [0.4, 0.5) is 0 Å². The summed E-state index contributed by atoms with van der Waals surface area (Å²) in [6.07, 6.45) is 1.49. The third-order valence-electron chi connectivity index (χ3n) is 2.56. The van der Waals surface area contributed by atoms with E-state index >= 15 is 0 Å². The maximum atomic E-state index is 12.1. The van der Waals surface area contributed by atoms with E-state index in [1.165, 1.54) is 6.42 Å². The van der Waals surface area contributed by atoms with Gasteiger partial charge in [-0.2, -0.15) is 0 Å². The van der Waals surface area contributed by atoms with Crippen LogP contribution in [0.5, 0.6) is 0 Å². The van der Waals surface area contributed by atoms with Gasteiger partial charge >= 0.3 is 0 Å². The number of carbonyl (C=O) groups is 2. The fourth-order valence-electron chi connectivity index (χ4n) is 1.69. The third kappa shape index (κ3) is 2.63. The molecule has 0 fully saturated rings. The Balaban J connectivity index is 2.27. The van der Waals surface area contributed by atoms with Crippen LogP contribution in [0.25, 0.3) is 0 Å². The van der Waals surface area contributed by atoms with E-state index in [9.17, 15) is 9.59 Å². The zero-order chi connectivity index (χ0) is 13.0. The summed E-state index contributed by atoms with van der Waals surface area (Å²) in [5, 5.41) is 0. The molecule has 3 nitrogen and oxygen atoms in total. The van der Waals surface area contributed by atoms with Gasteiger partial charge in [0.05, 0.1) is 6.42 Å². The minimum atomic E-state index is -0.597. The molecule has 89 valence electrons. The lowest BCUT2D eigenvalue weighted by Gasteiger charge is -2.05. The summed E-state index contributed by atoms with van der Waals surface area (Å²) < 4.78 is 0. The normalized spacial score (nSPS) is 10.0. The molecule has 0 aromatic heterocycles. The Morgan fingerprint density at radius 1 is 0.833 bits per heavy atom. The highest BCUT2D eigenvalue weighted by Crippen LogP contribution is 2.13. The van der Waals surface area contributed by atoms with Crippen LogP contribution in [0.2, 0.25) is 0 Å². The molecular weight excluding hydrogens is 226 g/mol. The Morgan fingerprint density at radius 3 is 2.00 bits per heavy atom. The predicted molar refractivity (Wildman–Crippen MR) is 69.1 cm³/mol. The number of carbonyl (C=O) groups excluding carboxylic acids is 2. The molecule has 2 aromatic carbocycles. The van der Waals surface area contributed by atoms with Crippen molar-refractivity contribution in [3.63, 3.8) is 0 Å². The van der Waals surface area contributed by atoms with E-state index in [2.05, 4.69) is 0 Å². The first-order valence-corrected chi connectivity index (χ1v) is 5.51. The van der Waals surface area contributed by atoms with Crippen molar-refractivity contribution < 1.29 is 9.59 Å². The van der Waals surface area contributed by atoms with Crippen molar-refractivity contribution in [3.05, 3.63) is 77.7 Å². The van der Waals surface area contributed by atoms with Crippen molar-refractivity contribution in [1.82, 2.24) is 0 Å². The second-order valence-electron chi connectivity index (χ2n) is 3.83. The molecule has 2 N–H and O–H groups in total. The molecule has 0 atom stereocenters. The molecule has 2 aromatic rings. The Labute approximate surface area is 105 Å². The van der Waals surface area contributed by atoms with E-state index in [-0.39, 0.29) is 11.3 Å². The summed E-state index contributed by atoms with van der Waals surface area (Å²) in [4.78, 5) is 23.3. The van der Waals surface area contributed by atoms with E-state index in [0.29, 0.717) is 5.56 Å². The topological polar surface area (TPSA) is 60.2 Å². The molecule has 0 bridgehead atoms. The second kappa shape index (κ2) is 5.27. The van der Waals surface area contributed by atoms with Crippen molar-refractivity contribution in [2.45, 2.75) is 0 Å². The number of primary amides is 1. The van der Waals surface area contributed by atoms with Crippen LogP contribution >= 0.6 is 0 Å². The van der Waals surface area contributed by atoms with Crippen LogP contribution in [-0.4, -0.2) is 11.7 Å². The first kappa shape index (κ1) is 12.0. The molecule has 3 heteroatoms. The third-order valence-corrected chi connectivity index (χ3v) is 2.56. The minimum absolute atomic E-state index is 0.226. The molecule has 0 spiro atoms. The molecule has 0 heterocycles. The number of hydrogen-bond donors (Lipinski definition) is 1. The van der Waals surface area contributed by atoms with E-state index in [1.807, 2.05) is 30.3 Å². The van der Waals surface area contributed by atoms with Gasteiger partial charge in [-0.3, -0.25) is 9.59 Å². The van der Waals surface area contributed by atoms with E-state index in [1.54, 1.807) is 24.3 Å². The maximum absolute atomic E-state index is 12.1. The lowest BCUT2D eigenvalue weighted by atomic mass is 9.98. The molecule has 18 heavy (non-hydrogen) atoms. The molecule has 0 aliphatic carbocycles. The van der Waals surface area contributed by atoms with Gasteiger partial charge in [0, 0.05) is 11.1 Å². The molecule has 2 rings (SSSR count). The van der Waals surface area contributed by atoms with Crippen LogP contribution in [0.1, 0.15) is 26.3 Å². The van der Waals surface area contributed by atoms with Gasteiger partial charge in [0.15, 0.2) is 5.78 Å². The summed E-state index contributed by atoms with van der Waals surface area (Å²) in [6.45, 7) is 0. The average molecular weight is 238 g/mol.